The van der Waals surface area contributed by atoms with E-state index in [2.05, 4.69) is 79.7 Å². The van der Waals surface area contributed by atoms with Crippen molar-refractivity contribution in [2.45, 2.75) is 129 Å². The maximum atomic E-state index is 6.25. The summed E-state index contributed by atoms with van der Waals surface area (Å²) in [6, 6.07) is 9.46. The monoisotopic (exact) mass is 502 g/mol. The molecule has 0 aliphatic carbocycles. The van der Waals surface area contributed by atoms with Crippen LogP contribution in [0.15, 0.2) is 24.3 Å². The van der Waals surface area contributed by atoms with E-state index >= 15 is 0 Å². The number of rotatable bonds is 11. The molecule has 0 atom stereocenters. The van der Waals surface area contributed by atoms with Gasteiger partial charge in [0.1, 0.15) is 0 Å². The molecule has 0 bridgehead atoms. The molecular weight excluding hydrogens is 455 g/mol. The molecule has 0 unspecified atom stereocenters. The Morgan fingerprint density at radius 1 is 0.500 bits per heavy atom. The number of aryl methyl sites for hydroxylation is 2. The van der Waals surface area contributed by atoms with Gasteiger partial charge in [0.15, 0.2) is 0 Å². The van der Waals surface area contributed by atoms with Crippen LogP contribution in [-0.4, -0.2) is 0 Å². The molecule has 0 spiro atoms. The standard InChI is InChI=1S/C32H48Cl2/c1-23-25(17-29(31(3,4)5)19-27(23)21-33)15-13-11-9-10-12-14-16-26-18-30(32(6,7)8)20-28(22-34)24(26)2/h17-20H,9-16,21-22H2,1-8H3. The van der Waals surface area contributed by atoms with Gasteiger partial charge in [-0.2, -0.15) is 0 Å². The van der Waals surface area contributed by atoms with Gasteiger partial charge in [-0.15, -0.1) is 23.2 Å². The maximum Gasteiger partial charge on any atom is 0.0476 e. The first-order valence-electron chi connectivity index (χ1n) is 13.3. The average Bonchev–Trinajstić information content (AvgIpc) is 2.75. The van der Waals surface area contributed by atoms with Crippen LogP contribution < -0.4 is 0 Å². The number of hydrogen-bond donors (Lipinski definition) is 0. The van der Waals surface area contributed by atoms with E-state index in [-0.39, 0.29) is 10.8 Å². The Morgan fingerprint density at radius 3 is 1.09 bits per heavy atom. The topological polar surface area (TPSA) is 0 Å². The second kappa shape index (κ2) is 12.8. The summed E-state index contributed by atoms with van der Waals surface area (Å²) in [5.74, 6) is 1.21. The Kier molecular flexibility index (Phi) is 11.0. The Labute approximate surface area is 220 Å². The lowest BCUT2D eigenvalue weighted by atomic mass is 9.83. The first-order valence-corrected chi connectivity index (χ1v) is 14.3. The van der Waals surface area contributed by atoms with E-state index in [1.165, 1.54) is 95.9 Å². The van der Waals surface area contributed by atoms with Gasteiger partial charge in [-0.25, -0.2) is 0 Å². The van der Waals surface area contributed by atoms with Crippen LogP contribution >= 0.6 is 23.2 Å². The van der Waals surface area contributed by atoms with Gasteiger partial charge in [0.25, 0.3) is 0 Å². The number of halogens is 2. The number of benzene rings is 2. The van der Waals surface area contributed by atoms with Crippen LogP contribution in [0.4, 0.5) is 0 Å². The molecule has 0 nitrogen and oxygen atoms in total. The van der Waals surface area contributed by atoms with Crippen LogP contribution in [0.5, 0.6) is 0 Å². The predicted molar refractivity (Wildman–Crippen MR) is 154 cm³/mol. The molecule has 0 aliphatic rings. The molecule has 0 radical (unpaired) electrons. The highest BCUT2D eigenvalue weighted by molar-refractivity contribution is 6.17. The molecule has 190 valence electrons. The second-order valence-corrected chi connectivity index (χ2v) is 12.8. The van der Waals surface area contributed by atoms with Crippen molar-refractivity contribution in [2.75, 3.05) is 0 Å². The first kappa shape index (κ1) is 29.3. The summed E-state index contributed by atoms with van der Waals surface area (Å²) in [5.41, 5.74) is 11.5. The smallest absolute Gasteiger partial charge is 0.0476 e. The Hall–Kier alpha value is -0.980. The maximum absolute atomic E-state index is 6.25. The first-order chi connectivity index (χ1) is 15.9. The molecule has 0 amide bonds. The summed E-state index contributed by atoms with van der Waals surface area (Å²) in [4.78, 5) is 0. The third kappa shape index (κ3) is 8.30. The lowest BCUT2D eigenvalue weighted by molar-refractivity contribution is 0.580. The van der Waals surface area contributed by atoms with Crippen LogP contribution in [0.1, 0.15) is 125 Å². The molecule has 0 aliphatic heterocycles. The fraction of sp³-hybridized carbons (Fsp3) is 0.625. The van der Waals surface area contributed by atoms with Gasteiger partial charge >= 0.3 is 0 Å². The van der Waals surface area contributed by atoms with Crippen molar-refractivity contribution in [3.63, 3.8) is 0 Å². The zero-order valence-corrected chi connectivity index (χ0v) is 24.6. The number of hydrogen-bond acceptors (Lipinski definition) is 0. The molecule has 0 saturated heterocycles. The average molecular weight is 504 g/mol. The Morgan fingerprint density at radius 2 is 0.794 bits per heavy atom. The van der Waals surface area contributed by atoms with E-state index in [4.69, 9.17) is 23.2 Å². The highest BCUT2D eigenvalue weighted by atomic mass is 35.5. The highest BCUT2D eigenvalue weighted by Gasteiger charge is 2.18. The van der Waals surface area contributed by atoms with Crippen molar-refractivity contribution in [3.8, 4) is 0 Å². The van der Waals surface area contributed by atoms with Crippen LogP contribution in [0.25, 0.3) is 0 Å². The van der Waals surface area contributed by atoms with Crippen LogP contribution in [0, 0.1) is 13.8 Å². The van der Waals surface area contributed by atoms with Gasteiger partial charge in [0.2, 0.25) is 0 Å². The molecule has 2 aromatic rings. The SMILES string of the molecule is Cc1c(CCl)cc(C(C)(C)C)cc1CCCCCCCCc1cc(C(C)(C)C)cc(CCl)c1C. The van der Waals surface area contributed by atoms with E-state index in [9.17, 15) is 0 Å². The zero-order chi connectivity index (χ0) is 25.5. The van der Waals surface area contributed by atoms with Crippen molar-refractivity contribution in [1.29, 1.82) is 0 Å². The Bertz CT molecular complexity index is 848. The molecular formula is C32H48Cl2. The molecule has 2 heteroatoms. The van der Waals surface area contributed by atoms with Gasteiger partial charge in [0, 0.05) is 11.8 Å². The third-order valence-electron chi connectivity index (χ3n) is 7.41. The fourth-order valence-electron chi connectivity index (χ4n) is 4.68. The van der Waals surface area contributed by atoms with E-state index in [0.717, 1.165) is 0 Å². The van der Waals surface area contributed by atoms with Gasteiger partial charge in [-0.1, -0.05) is 91.5 Å². The Balaban J connectivity index is 1.81. The quantitative estimate of drug-likeness (QED) is 0.211. The zero-order valence-electron chi connectivity index (χ0n) is 23.1. The minimum Gasteiger partial charge on any atom is -0.122 e. The normalized spacial score (nSPS) is 12.4. The summed E-state index contributed by atoms with van der Waals surface area (Å²) in [5, 5.41) is 0. The lowest BCUT2D eigenvalue weighted by Crippen LogP contribution is -2.13. The fourth-order valence-corrected chi connectivity index (χ4v) is 5.24. The third-order valence-corrected chi connectivity index (χ3v) is 7.98. The summed E-state index contributed by atoms with van der Waals surface area (Å²) in [6.07, 6.45) is 10.1. The van der Waals surface area contributed by atoms with Gasteiger partial charge < -0.3 is 0 Å². The molecule has 0 heterocycles. The minimum absolute atomic E-state index is 0.165. The van der Waals surface area contributed by atoms with Crippen molar-refractivity contribution in [2.24, 2.45) is 0 Å². The predicted octanol–water partition coefficient (Wildman–Crippen LogP) is 10.5. The summed E-state index contributed by atoms with van der Waals surface area (Å²) in [6.45, 7) is 18.2. The highest BCUT2D eigenvalue weighted by Crippen LogP contribution is 2.30. The molecule has 0 aromatic heterocycles. The van der Waals surface area contributed by atoms with Crippen LogP contribution in [-0.2, 0) is 35.4 Å². The molecule has 2 rings (SSSR count). The number of alkyl halides is 2. The van der Waals surface area contributed by atoms with E-state index in [0.29, 0.717) is 11.8 Å². The summed E-state index contributed by atoms with van der Waals surface area (Å²) >= 11 is 12.5. The van der Waals surface area contributed by atoms with Crippen molar-refractivity contribution >= 4 is 23.2 Å². The van der Waals surface area contributed by atoms with Gasteiger partial charge in [-0.3, -0.25) is 0 Å². The van der Waals surface area contributed by atoms with Crippen molar-refractivity contribution in [1.82, 2.24) is 0 Å². The lowest BCUT2D eigenvalue weighted by Gasteiger charge is -2.23. The molecule has 0 N–H and O–H groups in total. The van der Waals surface area contributed by atoms with Crippen molar-refractivity contribution < 1.29 is 0 Å². The van der Waals surface area contributed by atoms with E-state index < -0.39 is 0 Å². The minimum atomic E-state index is 0.165. The second-order valence-electron chi connectivity index (χ2n) is 12.2. The largest absolute Gasteiger partial charge is 0.122 e. The van der Waals surface area contributed by atoms with Crippen molar-refractivity contribution in [3.05, 3.63) is 68.8 Å². The molecule has 34 heavy (non-hydrogen) atoms. The molecule has 0 fully saturated rings. The molecule has 0 saturated carbocycles. The van der Waals surface area contributed by atoms with E-state index in [1.807, 2.05) is 0 Å². The van der Waals surface area contributed by atoms with Crippen LogP contribution in [0.3, 0.4) is 0 Å². The van der Waals surface area contributed by atoms with E-state index in [1.54, 1.807) is 0 Å². The molecule has 2 aromatic carbocycles. The van der Waals surface area contributed by atoms with Gasteiger partial charge in [0.05, 0.1) is 0 Å². The van der Waals surface area contributed by atoms with Gasteiger partial charge in [-0.05, 0) is 94.9 Å². The summed E-state index contributed by atoms with van der Waals surface area (Å²) < 4.78 is 0. The number of unbranched alkanes of at least 4 members (excludes halogenated alkanes) is 5. The van der Waals surface area contributed by atoms with Crippen LogP contribution in [0.2, 0.25) is 0 Å². The summed E-state index contributed by atoms with van der Waals surface area (Å²) in [7, 11) is 0.